The molecule has 1 rings (SSSR count). The van der Waals surface area contributed by atoms with Gasteiger partial charge in [0.05, 0.1) is 17.1 Å². The molecule has 0 aliphatic rings. The lowest BCUT2D eigenvalue weighted by atomic mass is 10.2. The van der Waals surface area contributed by atoms with Crippen molar-refractivity contribution in [2.24, 2.45) is 0 Å². The van der Waals surface area contributed by atoms with Crippen molar-refractivity contribution in [3.05, 3.63) is 38.9 Å². The number of alkyl halides is 1. The van der Waals surface area contributed by atoms with Crippen LogP contribution in [0.5, 0.6) is 0 Å². The van der Waals surface area contributed by atoms with E-state index in [0.717, 1.165) is 4.95 Å². The molecule has 0 heterocycles. The van der Waals surface area contributed by atoms with Crippen molar-refractivity contribution in [2.75, 3.05) is 4.95 Å². The molecule has 0 saturated carbocycles. The molecule has 0 aliphatic heterocycles. The van der Waals surface area contributed by atoms with Crippen LogP contribution in [0.15, 0.2) is 18.2 Å². The van der Waals surface area contributed by atoms with Gasteiger partial charge in [-0.25, -0.2) is 0 Å². The molecule has 1 aromatic carbocycles. The van der Waals surface area contributed by atoms with Gasteiger partial charge in [0.15, 0.2) is 8.32 Å². The standard InChI is InChI=1S/C10H13BrClNO3Si/c1-17(2,7-11)16-6-8-4-3-5-9(12)10(8)13(14)15/h3-5H,6-7H2,1-2H3. The third-order valence-corrected chi connectivity index (χ3v) is 8.12. The lowest BCUT2D eigenvalue weighted by Gasteiger charge is -2.19. The van der Waals surface area contributed by atoms with Gasteiger partial charge in [-0.05, 0) is 25.2 Å². The molecule has 0 aromatic heterocycles. The third kappa shape index (κ3) is 4.06. The second kappa shape index (κ2) is 5.95. The summed E-state index contributed by atoms with van der Waals surface area (Å²) < 4.78 is 5.74. The predicted molar refractivity (Wildman–Crippen MR) is 74.2 cm³/mol. The van der Waals surface area contributed by atoms with Crippen molar-refractivity contribution < 1.29 is 9.35 Å². The maximum atomic E-state index is 10.9. The Balaban J connectivity index is 2.92. The van der Waals surface area contributed by atoms with E-state index in [2.05, 4.69) is 15.9 Å². The zero-order valence-corrected chi connectivity index (χ0v) is 12.9. The topological polar surface area (TPSA) is 52.4 Å². The maximum Gasteiger partial charge on any atom is 0.293 e. The second-order valence-corrected chi connectivity index (χ2v) is 10.4. The van der Waals surface area contributed by atoms with Crippen LogP contribution in [0.3, 0.4) is 0 Å². The molecule has 94 valence electrons. The molecular weight excluding hydrogens is 326 g/mol. The number of para-hydroxylation sites is 1. The van der Waals surface area contributed by atoms with E-state index in [1.165, 1.54) is 6.07 Å². The van der Waals surface area contributed by atoms with Crippen molar-refractivity contribution in [1.29, 1.82) is 0 Å². The first-order valence-electron chi connectivity index (χ1n) is 4.99. The van der Waals surface area contributed by atoms with Crippen LogP contribution in [0, 0.1) is 10.1 Å². The number of nitrogens with zero attached hydrogens (tertiary/aromatic N) is 1. The minimum Gasteiger partial charge on any atom is -0.412 e. The highest BCUT2D eigenvalue weighted by Crippen LogP contribution is 2.29. The van der Waals surface area contributed by atoms with Crippen molar-refractivity contribution in [1.82, 2.24) is 0 Å². The molecule has 0 saturated heterocycles. The minimum atomic E-state index is -1.78. The van der Waals surface area contributed by atoms with Gasteiger partial charge >= 0.3 is 0 Å². The molecule has 4 nitrogen and oxygen atoms in total. The average Bonchev–Trinajstić information content (AvgIpc) is 2.26. The summed E-state index contributed by atoms with van der Waals surface area (Å²) in [4.78, 5) is 11.2. The summed E-state index contributed by atoms with van der Waals surface area (Å²) in [5.41, 5.74) is 0.456. The van der Waals surface area contributed by atoms with Crippen LogP contribution in [0.1, 0.15) is 5.56 Å². The summed E-state index contributed by atoms with van der Waals surface area (Å²) in [5.74, 6) is 0. The van der Waals surface area contributed by atoms with E-state index in [1.54, 1.807) is 12.1 Å². The van der Waals surface area contributed by atoms with Gasteiger partial charge in [-0.1, -0.05) is 33.6 Å². The normalized spacial score (nSPS) is 11.5. The Bertz CT molecular complexity index is 428. The molecule has 7 heteroatoms. The molecule has 0 N–H and O–H groups in total. The zero-order valence-electron chi connectivity index (χ0n) is 9.57. The first-order chi connectivity index (χ1) is 7.87. The Morgan fingerprint density at radius 3 is 2.71 bits per heavy atom. The first kappa shape index (κ1) is 14.6. The van der Waals surface area contributed by atoms with Crippen molar-refractivity contribution in [2.45, 2.75) is 19.7 Å². The molecule has 1 aromatic rings. The van der Waals surface area contributed by atoms with E-state index < -0.39 is 13.2 Å². The van der Waals surface area contributed by atoms with Crippen LogP contribution < -0.4 is 0 Å². The molecule has 0 amide bonds. The highest BCUT2D eigenvalue weighted by molar-refractivity contribution is 9.09. The summed E-state index contributed by atoms with van der Waals surface area (Å²) in [7, 11) is -1.78. The molecule has 0 fully saturated rings. The summed E-state index contributed by atoms with van der Waals surface area (Å²) in [6.07, 6.45) is 0. The van der Waals surface area contributed by atoms with E-state index in [-0.39, 0.29) is 17.3 Å². The van der Waals surface area contributed by atoms with Gasteiger partial charge in [-0.15, -0.1) is 0 Å². The zero-order chi connectivity index (χ0) is 13.1. The molecule has 0 atom stereocenters. The van der Waals surface area contributed by atoms with E-state index in [0.29, 0.717) is 5.56 Å². The van der Waals surface area contributed by atoms with Crippen LogP contribution in [-0.2, 0) is 11.0 Å². The predicted octanol–water partition coefficient (Wildman–Crippen LogP) is 3.90. The Morgan fingerprint density at radius 2 is 2.18 bits per heavy atom. The molecule has 0 unspecified atom stereocenters. The fraction of sp³-hybridized carbons (Fsp3) is 0.400. The number of nitro benzene ring substituents is 1. The Labute approximate surface area is 114 Å². The Kier molecular flexibility index (Phi) is 5.12. The average molecular weight is 339 g/mol. The van der Waals surface area contributed by atoms with Gasteiger partial charge in [0.1, 0.15) is 5.02 Å². The molecule has 0 spiro atoms. The van der Waals surface area contributed by atoms with E-state index in [4.69, 9.17) is 16.0 Å². The Hall–Kier alpha value is -0.433. The van der Waals surface area contributed by atoms with Crippen LogP contribution in [0.25, 0.3) is 0 Å². The van der Waals surface area contributed by atoms with Crippen LogP contribution >= 0.6 is 27.5 Å². The van der Waals surface area contributed by atoms with Gasteiger partial charge in [0.25, 0.3) is 5.69 Å². The first-order valence-corrected chi connectivity index (χ1v) is 9.60. The summed E-state index contributed by atoms with van der Waals surface area (Å²) in [6, 6.07) is 4.87. The number of rotatable bonds is 5. The largest absolute Gasteiger partial charge is 0.412 e. The number of benzene rings is 1. The number of hydrogen-bond donors (Lipinski definition) is 0. The molecule has 0 radical (unpaired) electrons. The van der Waals surface area contributed by atoms with Crippen LogP contribution in [0.4, 0.5) is 5.69 Å². The van der Waals surface area contributed by atoms with Gasteiger partial charge in [0.2, 0.25) is 0 Å². The fourth-order valence-corrected chi connectivity index (χ4v) is 2.56. The van der Waals surface area contributed by atoms with E-state index >= 15 is 0 Å². The SMILES string of the molecule is C[Si](C)(CBr)OCc1cccc(Cl)c1[N+](=O)[O-]. The van der Waals surface area contributed by atoms with Gasteiger partial charge in [-0.3, -0.25) is 10.1 Å². The highest BCUT2D eigenvalue weighted by atomic mass is 79.9. The molecule has 17 heavy (non-hydrogen) atoms. The van der Waals surface area contributed by atoms with E-state index in [1.807, 2.05) is 13.1 Å². The minimum absolute atomic E-state index is 0.0615. The number of halogens is 2. The van der Waals surface area contributed by atoms with Gasteiger partial charge < -0.3 is 4.43 Å². The van der Waals surface area contributed by atoms with Gasteiger partial charge in [-0.2, -0.15) is 0 Å². The lowest BCUT2D eigenvalue weighted by molar-refractivity contribution is -0.385. The molecular formula is C10H13BrClNO3Si. The number of hydrogen-bond acceptors (Lipinski definition) is 3. The monoisotopic (exact) mass is 337 g/mol. The maximum absolute atomic E-state index is 10.9. The van der Waals surface area contributed by atoms with Gasteiger partial charge in [0, 0.05) is 4.95 Å². The summed E-state index contributed by atoms with van der Waals surface area (Å²) >= 11 is 9.20. The fourth-order valence-electron chi connectivity index (χ4n) is 1.19. The van der Waals surface area contributed by atoms with Crippen LogP contribution in [0.2, 0.25) is 18.1 Å². The van der Waals surface area contributed by atoms with Crippen molar-refractivity contribution >= 4 is 41.5 Å². The molecule has 0 aliphatic carbocycles. The Morgan fingerprint density at radius 1 is 1.53 bits per heavy atom. The molecule has 0 bridgehead atoms. The summed E-state index contributed by atoms with van der Waals surface area (Å²) in [6.45, 7) is 4.30. The third-order valence-electron chi connectivity index (χ3n) is 2.19. The quantitative estimate of drug-likeness (QED) is 0.354. The number of nitro groups is 1. The smallest absolute Gasteiger partial charge is 0.293 e. The summed E-state index contributed by atoms with van der Waals surface area (Å²) in [5, 5.41) is 11.1. The van der Waals surface area contributed by atoms with Crippen molar-refractivity contribution in [3.63, 3.8) is 0 Å². The van der Waals surface area contributed by atoms with Crippen LogP contribution in [-0.4, -0.2) is 18.2 Å². The van der Waals surface area contributed by atoms with Crippen molar-refractivity contribution in [3.8, 4) is 0 Å². The highest BCUT2D eigenvalue weighted by Gasteiger charge is 2.24. The second-order valence-electron chi connectivity index (χ2n) is 4.19. The lowest BCUT2D eigenvalue weighted by Crippen LogP contribution is -2.32. The van der Waals surface area contributed by atoms with E-state index in [9.17, 15) is 10.1 Å².